The van der Waals surface area contributed by atoms with Crippen molar-refractivity contribution < 1.29 is 9.90 Å². The van der Waals surface area contributed by atoms with Crippen molar-refractivity contribution in [2.75, 3.05) is 5.32 Å². The van der Waals surface area contributed by atoms with Crippen LogP contribution >= 0.6 is 27.3 Å². The van der Waals surface area contributed by atoms with Gasteiger partial charge >= 0.3 is 5.97 Å². The molecule has 1 aromatic heterocycles. The summed E-state index contributed by atoms with van der Waals surface area (Å²) in [5.41, 5.74) is 3.69. The standard InChI is InChI=1S/C16H16BrNO2S/c1-9-7-10(16(19)20)5-6-12(9)18-13-3-2-4-14-11(13)8-15(17)21-14/h5-8,13,18H,2-4H2,1H3,(H,19,20). The first-order valence-corrected chi connectivity index (χ1v) is 8.54. The highest BCUT2D eigenvalue weighted by Gasteiger charge is 2.23. The number of rotatable bonds is 3. The van der Waals surface area contributed by atoms with E-state index in [1.807, 2.05) is 24.3 Å². The molecule has 1 aliphatic rings. The smallest absolute Gasteiger partial charge is 0.335 e. The highest BCUT2D eigenvalue weighted by atomic mass is 79.9. The third-order valence-corrected chi connectivity index (χ3v) is 5.60. The van der Waals surface area contributed by atoms with E-state index in [0.29, 0.717) is 11.6 Å². The number of fused-ring (bicyclic) bond motifs is 1. The van der Waals surface area contributed by atoms with Crippen LogP contribution in [0.2, 0.25) is 0 Å². The molecule has 0 bridgehead atoms. The zero-order valence-electron chi connectivity index (χ0n) is 11.6. The topological polar surface area (TPSA) is 49.3 Å². The van der Waals surface area contributed by atoms with Gasteiger partial charge in [0.25, 0.3) is 0 Å². The molecule has 5 heteroatoms. The quantitative estimate of drug-likeness (QED) is 0.803. The van der Waals surface area contributed by atoms with Crippen molar-refractivity contribution in [3.63, 3.8) is 0 Å². The number of halogens is 1. The number of anilines is 1. The third kappa shape index (κ3) is 2.99. The van der Waals surface area contributed by atoms with Crippen LogP contribution in [0.15, 0.2) is 28.1 Å². The molecular weight excluding hydrogens is 350 g/mol. The Morgan fingerprint density at radius 3 is 2.95 bits per heavy atom. The molecule has 3 rings (SSSR count). The van der Waals surface area contributed by atoms with Crippen molar-refractivity contribution in [1.29, 1.82) is 0 Å². The molecule has 1 aromatic carbocycles. The van der Waals surface area contributed by atoms with Crippen LogP contribution in [0.3, 0.4) is 0 Å². The third-order valence-electron chi connectivity index (χ3n) is 3.89. The molecule has 0 amide bonds. The van der Waals surface area contributed by atoms with Crippen molar-refractivity contribution in [3.8, 4) is 0 Å². The minimum atomic E-state index is -0.883. The lowest BCUT2D eigenvalue weighted by Gasteiger charge is -2.25. The predicted octanol–water partition coefficient (Wildman–Crippen LogP) is 5.01. The van der Waals surface area contributed by atoms with Gasteiger partial charge in [-0.3, -0.25) is 0 Å². The first-order valence-electron chi connectivity index (χ1n) is 6.93. The van der Waals surface area contributed by atoms with Crippen LogP contribution in [0.4, 0.5) is 5.69 Å². The molecule has 1 atom stereocenters. The molecule has 1 aliphatic carbocycles. The van der Waals surface area contributed by atoms with Crippen LogP contribution in [0.1, 0.15) is 45.2 Å². The summed E-state index contributed by atoms with van der Waals surface area (Å²) in [6.07, 6.45) is 3.45. The monoisotopic (exact) mass is 365 g/mol. The van der Waals surface area contributed by atoms with Gasteiger partial charge in [-0.05, 0) is 77.5 Å². The van der Waals surface area contributed by atoms with Crippen molar-refractivity contribution in [3.05, 3.63) is 49.6 Å². The van der Waals surface area contributed by atoms with Gasteiger partial charge in [-0.1, -0.05) is 0 Å². The Balaban J connectivity index is 1.86. The number of aryl methyl sites for hydroxylation is 2. The zero-order chi connectivity index (χ0) is 15.0. The highest BCUT2D eigenvalue weighted by Crippen LogP contribution is 2.39. The van der Waals surface area contributed by atoms with E-state index in [0.717, 1.165) is 24.1 Å². The van der Waals surface area contributed by atoms with E-state index in [2.05, 4.69) is 27.3 Å². The lowest BCUT2D eigenvalue weighted by molar-refractivity contribution is 0.0697. The van der Waals surface area contributed by atoms with E-state index in [-0.39, 0.29) is 0 Å². The zero-order valence-corrected chi connectivity index (χ0v) is 14.1. The van der Waals surface area contributed by atoms with Gasteiger partial charge in [-0.25, -0.2) is 4.79 Å². The van der Waals surface area contributed by atoms with Crippen LogP contribution in [-0.2, 0) is 6.42 Å². The van der Waals surface area contributed by atoms with Crippen molar-refractivity contribution >= 4 is 38.9 Å². The number of benzene rings is 1. The molecule has 3 nitrogen and oxygen atoms in total. The summed E-state index contributed by atoms with van der Waals surface area (Å²) >= 11 is 5.38. The normalized spacial score (nSPS) is 17.3. The molecule has 1 unspecified atom stereocenters. The molecule has 0 fully saturated rings. The maximum atomic E-state index is 11.0. The number of hydrogen-bond donors (Lipinski definition) is 2. The summed E-state index contributed by atoms with van der Waals surface area (Å²) in [4.78, 5) is 12.4. The molecule has 0 saturated carbocycles. The maximum Gasteiger partial charge on any atom is 0.335 e. The Kier molecular flexibility index (Phi) is 4.04. The molecule has 0 spiro atoms. The van der Waals surface area contributed by atoms with Crippen LogP contribution in [-0.4, -0.2) is 11.1 Å². The molecule has 2 aromatic rings. The van der Waals surface area contributed by atoms with Crippen molar-refractivity contribution in [2.45, 2.75) is 32.2 Å². The van der Waals surface area contributed by atoms with Crippen molar-refractivity contribution in [2.24, 2.45) is 0 Å². The van der Waals surface area contributed by atoms with E-state index < -0.39 is 5.97 Å². The largest absolute Gasteiger partial charge is 0.478 e. The Hall–Kier alpha value is -1.33. The van der Waals surface area contributed by atoms with Gasteiger partial charge in [0, 0.05) is 10.6 Å². The summed E-state index contributed by atoms with van der Waals surface area (Å²) in [6, 6.07) is 7.76. The number of thiophene rings is 1. The van der Waals surface area contributed by atoms with Gasteiger partial charge in [-0.2, -0.15) is 0 Å². The van der Waals surface area contributed by atoms with Gasteiger partial charge < -0.3 is 10.4 Å². The van der Waals surface area contributed by atoms with Crippen LogP contribution in [0.25, 0.3) is 0 Å². The minimum absolute atomic E-state index is 0.311. The number of carboxylic acid groups (broad SMARTS) is 1. The van der Waals surface area contributed by atoms with Gasteiger partial charge in [0.1, 0.15) is 0 Å². The number of carboxylic acids is 1. The first kappa shape index (κ1) is 14.6. The van der Waals surface area contributed by atoms with E-state index >= 15 is 0 Å². The molecule has 0 saturated heterocycles. The predicted molar refractivity (Wildman–Crippen MR) is 89.5 cm³/mol. The lowest BCUT2D eigenvalue weighted by atomic mass is 9.93. The molecule has 21 heavy (non-hydrogen) atoms. The molecule has 110 valence electrons. The second-order valence-electron chi connectivity index (χ2n) is 5.35. The number of carbonyl (C=O) groups is 1. The average molecular weight is 366 g/mol. The Labute approximate surface area is 136 Å². The minimum Gasteiger partial charge on any atom is -0.478 e. The Morgan fingerprint density at radius 2 is 2.24 bits per heavy atom. The first-order chi connectivity index (χ1) is 10.0. The second kappa shape index (κ2) is 5.81. The summed E-state index contributed by atoms with van der Waals surface area (Å²) in [5.74, 6) is -0.883. The molecule has 0 aliphatic heterocycles. The van der Waals surface area contributed by atoms with Gasteiger partial charge in [-0.15, -0.1) is 11.3 Å². The Morgan fingerprint density at radius 1 is 1.43 bits per heavy atom. The van der Waals surface area contributed by atoms with E-state index in [9.17, 15) is 4.79 Å². The average Bonchev–Trinajstić information content (AvgIpc) is 2.82. The lowest BCUT2D eigenvalue weighted by Crippen LogP contribution is -2.16. The van der Waals surface area contributed by atoms with Gasteiger partial charge in [0.05, 0.1) is 15.4 Å². The summed E-state index contributed by atoms with van der Waals surface area (Å²) in [6.45, 7) is 1.95. The fourth-order valence-electron chi connectivity index (χ4n) is 2.82. The summed E-state index contributed by atoms with van der Waals surface area (Å²) in [5, 5.41) is 12.6. The Bertz CT molecular complexity index is 696. The van der Waals surface area contributed by atoms with E-state index in [1.54, 1.807) is 12.1 Å². The van der Waals surface area contributed by atoms with Crippen molar-refractivity contribution in [1.82, 2.24) is 0 Å². The maximum absolute atomic E-state index is 11.0. The number of hydrogen-bond acceptors (Lipinski definition) is 3. The van der Waals surface area contributed by atoms with Gasteiger partial charge in [0.2, 0.25) is 0 Å². The number of aromatic carboxylic acids is 1. The van der Waals surface area contributed by atoms with Crippen LogP contribution in [0, 0.1) is 6.92 Å². The van der Waals surface area contributed by atoms with Crippen LogP contribution < -0.4 is 5.32 Å². The molecule has 1 heterocycles. The summed E-state index contributed by atoms with van der Waals surface area (Å²) < 4.78 is 1.18. The molecular formula is C16H16BrNO2S. The SMILES string of the molecule is Cc1cc(C(=O)O)ccc1NC1CCCc2sc(Br)cc21. The van der Waals surface area contributed by atoms with E-state index in [1.165, 1.54) is 20.6 Å². The highest BCUT2D eigenvalue weighted by molar-refractivity contribution is 9.11. The second-order valence-corrected chi connectivity index (χ2v) is 7.87. The molecule has 2 N–H and O–H groups in total. The fraction of sp³-hybridized carbons (Fsp3) is 0.312. The van der Waals surface area contributed by atoms with E-state index in [4.69, 9.17) is 5.11 Å². The van der Waals surface area contributed by atoms with Gasteiger partial charge in [0.15, 0.2) is 0 Å². The van der Waals surface area contributed by atoms with Crippen LogP contribution in [0.5, 0.6) is 0 Å². The number of nitrogens with one attached hydrogen (secondary N) is 1. The molecule has 0 radical (unpaired) electrons. The fourth-order valence-corrected chi connectivity index (χ4v) is 4.64. The summed E-state index contributed by atoms with van der Waals surface area (Å²) in [7, 11) is 0.